The number of nitrogens with one attached hydrogen (secondary N) is 2. The maximum atomic E-state index is 11.7. The highest BCUT2D eigenvalue weighted by atomic mass is 16.4. The zero-order valence-corrected chi connectivity index (χ0v) is 11.9. The van der Waals surface area contributed by atoms with Crippen molar-refractivity contribution in [2.45, 2.75) is 26.4 Å². The van der Waals surface area contributed by atoms with Crippen LogP contribution in [-0.2, 0) is 11.3 Å². The van der Waals surface area contributed by atoms with Gasteiger partial charge in [-0.1, -0.05) is 26.0 Å². The van der Waals surface area contributed by atoms with Crippen LogP contribution in [0.1, 0.15) is 29.8 Å². The van der Waals surface area contributed by atoms with Gasteiger partial charge in [-0.2, -0.15) is 0 Å². The van der Waals surface area contributed by atoms with Gasteiger partial charge in [-0.3, -0.25) is 4.79 Å². The zero-order chi connectivity index (χ0) is 16.0. The summed E-state index contributed by atoms with van der Waals surface area (Å²) in [7, 11) is 0. The Morgan fingerprint density at radius 2 is 1.76 bits per heavy atom. The number of hydrogen-bond donors (Lipinski definition) is 4. The van der Waals surface area contributed by atoms with Crippen LogP contribution in [0.15, 0.2) is 24.3 Å². The molecule has 3 amide bonds. The van der Waals surface area contributed by atoms with E-state index in [-0.39, 0.29) is 18.0 Å². The smallest absolute Gasteiger partial charge is 0.335 e. The first-order valence-electron chi connectivity index (χ1n) is 6.47. The van der Waals surface area contributed by atoms with Crippen LogP contribution < -0.4 is 16.4 Å². The lowest BCUT2D eigenvalue weighted by Gasteiger charge is -2.19. The number of amides is 3. The molecule has 7 heteroatoms. The summed E-state index contributed by atoms with van der Waals surface area (Å²) < 4.78 is 0. The van der Waals surface area contributed by atoms with E-state index in [1.54, 1.807) is 26.0 Å². The minimum Gasteiger partial charge on any atom is -0.478 e. The number of benzene rings is 1. The maximum Gasteiger partial charge on any atom is 0.335 e. The highest BCUT2D eigenvalue weighted by Gasteiger charge is 2.21. The average molecular weight is 293 g/mol. The Bertz CT molecular complexity index is 526. The number of nitrogens with two attached hydrogens (primary N) is 1. The number of aromatic carboxylic acids is 1. The van der Waals surface area contributed by atoms with E-state index in [4.69, 9.17) is 10.8 Å². The van der Waals surface area contributed by atoms with Crippen molar-refractivity contribution < 1.29 is 19.5 Å². The highest BCUT2D eigenvalue weighted by molar-refractivity contribution is 5.87. The number of hydrogen-bond acceptors (Lipinski definition) is 3. The lowest BCUT2D eigenvalue weighted by Crippen LogP contribution is -2.50. The van der Waals surface area contributed by atoms with Crippen molar-refractivity contribution >= 4 is 17.9 Å². The topological polar surface area (TPSA) is 122 Å². The molecule has 0 saturated carbocycles. The SMILES string of the molecule is CC(C)[C@@H](NC(=O)NCc1ccc(C(=O)O)cc1)C(N)=O. The fraction of sp³-hybridized carbons (Fsp3) is 0.357. The molecule has 0 heterocycles. The molecule has 1 rings (SSSR count). The van der Waals surface area contributed by atoms with E-state index < -0.39 is 23.9 Å². The number of carboxylic acid groups (broad SMARTS) is 1. The van der Waals surface area contributed by atoms with Gasteiger partial charge in [0, 0.05) is 6.54 Å². The third kappa shape index (κ3) is 5.13. The Balaban J connectivity index is 2.52. The van der Waals surface area contributed by atoms with Gasteiger partial charge in [-0.15, -0.1) is 0 Å². The van der Waals surface area contributed by atoms with Gasteiger partial charge in [0.2, 0.25) is 5.91 Å². The normalized spacial score (nSPS) is 11.8. The third-order valence-corrected chi connectivity index (χ3v) is 2.91. The maximum absolute atomic E-state index is 11.7. The number of urea groups is 1. The van der Waals surface area contributed by atoms with E-state index in [9.17, 15) is 14.4 Å². The zero-order valence-electron chi connectivity index (χ0n) is 11.9. The second kappa shape index (κ2) is 7.28. The lowest BCUT2D eigenvalue weighted by atomic mass is 10.0. The van der Waals surface area contributed by atoms with Crippen LogP contribution in [0.2, 0.25) is 0 Å². The first kappa shape index (κ1) is 16.5. The molecule has 0 aliphatic rings. The van der Waals surface area contributed by atoms with Crippen molar-refractivity contribution in [3.05, 3.63) is 35.4 Å². The quantitative estimate of drug-likeness (QED) is 0.616. The average Bonchev–Trinajstić information content (AvgIpc) is 2.42. The molecule has 0 spiro atoms. The minimum absolute atomic E-state index is 0.108. The molecule has 1 aromatic rings. The molecule has 0 unspecified atom stereocenters. The van der Waals surface area contributed by atoms with E-state index in [1.165, 1.54) is 12.1 Å². The minimum atomic E-state index is -1.01. The van der Waals surface area contributed by atoms with Crippen LogP contribution in [0.4, 0.5) is 4.79 Å². The van der Waals surface area contributed by atoms with Crippen LogP contribution in [-0.4, -0.2) is 29.1 Å². The van der Waals surface area contributed by atoms with Crippen LogP contribution in [0, 0.1) is 5.92 Å². The molecule has 1 atom stereocenters. The predicted molar refractivity (Wildman–Crippen MR) is 76.6 cm³/mol. The van der Waals surface area contributed by atoms with Crippen molar-refractivity contribution in [1.29, 1.82) is 0 Å². The van der Waals surface area contributed by atoms with Crippen molar-refractivity contribution in [3.8, 4) is 0 Å². The Hall–Kier alpha value is -2.57. The summed E-state index contributed by atoms with van der Waals surface area (Å²) >= 11 is 0. The van der Waals surface area contributed by atoms with Crippen molar-refractivity contribution in [2.75, 3.05) is 0 Å². The molecule has 0 aromatic heterocycles. The summed E-state index contributed by atoms with van der Waals surface area (Å²) in [5.74, 6) is -1.71. The molecule has 0 saturated heterocycles. The number of carboxylic acids is 1. The fourth-order valence-corrected chi connectivity index (χ4v) is 1.71. The highest BCUT2D eigenvalue weighted by Crippen LogP contribution is 2.04. The van der Waals surface area contributed by atoms with Crippen LogP contribution in [0.5, 0.6) is 0 Å². The monoisotopic (exact) mass is 293 g/mol. The number of carbonyl (C=O) groups excluding carboxylic acids is 2. The van der Waals surface area contributed by atoms with Gasteiger partial charge in [0.1, 0.15) is 6.04 Å². The third-order valence-electron chi connectivity index (χ3n) is 2.91. The molecule has 0 radical (unpaired) electrons. The molecule has 114 valence electrons. The number of carbonyl (C=O) groups is 3. The summed E-state index contributed by atoms with van der Waals surface area (Å²) in [6, 6.07) is 4.89. The van der Waals surface area contributed by atoms with Gasteiger partial charge in [0.05, 0.1) is 5.56 Å². The van der Waals surface area contributed by atoms with Crippen LogP contribution in [0.3, 0.4) is 0 Å². The molecule has 21 heavy (non-hydrogen) atoms. The Labute approximate surface area is 122 Å². The second-order valence-corrected chi connectivity index (χ2v) is 4.95. The van der Waals surface area contributed by atoms with Gasteiger partial charge in [0.15, 0.2) is 0 Å². The summed E-state index contributed by atoms with van der Waals surface area (Å²) in [4.78, 5) is 33.6. The van der Waals surface area contributed by atoms with E-state index >= 15 is 0 Å². The molecule has 0 aliphatic heterocycles. The number of rotatable bonds is 6. The molecule has 0 aliphatic carbocycles. The molecular formula is C14H19N3O4. The Kier molecular flexibility index (Phi) is 5.71. The lowest BCUT2D eigenvalue weighted by molar-refractivity contribution is -0.120. The molecule has 0 bridgehead atoms. The first-order chi connectivity index (χ1) is 9.81. The summed E-state index contributed by atoms with van der Waals surface area (Å²) in [6.45, 7) is 3.77. The van der Waals surface area contributed by atoms with E-state index in [0.717, 1.165) is 5.56 Å². The summed E-state index contributed by atoms with van der Waals surface area (Å²) in [6.07, 6.45) is 0. The van der Waals surface area contributed by atoms with Gasteiger partial charge >= 0.3 is 12.0 Å². The van der Waals surface area contributed by atoms with E-state index in [0.29, 0.717) is 0 Å². The fourth-order valence-electron chi connectivity index (χ4n) is 1.71. The van der Waals surface area contributed by atoms with Crippen LogP contribution >= 0.6 is 0 Å². The molecule has 5 N–H and O–H groups in total. The second-order valence-electron chi connectivity index (χ2n) is 4.95. The standard InChI is InChI=1S/C14H19N3O4/c1-8(2)11(12(15)18)17-14(21)16-7-9-3-5-10(6-4-9)13(19)20/h3-6,8,11H,7H2,1-2H3,(H2,15,18)(H,19,20)(H2,16,17,21)/t11-/m1/s1. The van der Waals surface area contributed by atoms with Gasteiger partial charge < -0.3 is 21.5 Å². The largest absolute Gasteiger partial charge is 0.478 e. The van der Waals surface area contributed by atoms with Gasteiger partial charge in [0.25, 0.3) is 0 Å². The molecule has 7 nitrogen and oxygen atoms in total. The van der Waals surface area contributed by atoms with E-state index in [2.05, 4.69) is 10.6 Å². The molecular weight excluding hydrogens is 274 g/mol. The molecule has 1 aromatic carbocycles. The Morgan fingerprint density at radius 1 is 1.19 bits per heavy atom. The summed E-state index contributed by atoms with van der Waals surface area (Å²) in [5.41, 5.74) is 6.12. The predicted octanol–water partition coefficient (Wildman–Crippen LogP) is 0.694. The van der Waals surface area contributed by atoms with Crippen molar-refractivity contribution in [1.82, 2.24) is 10.6 Å². The van der Waals surface area contributed by atoms with Gasteiger partial charge in [-0.05, 0) is 23.6 Å². The first-order valence-corrected chi connectivity index (χ1v) is 6.47. The van der Waals surface area contributed by atoms with Crippen molar-refractivity contribution in [3.63, 3.8) is 0 Å². The molecule has 0 fully saturated rings. The Morgan fingerprint density at radius 3 is 2.19 bits per heavy atom. The van der Waals surface area contributed by atoms with E-state index in [1.807, 2.05) is 0 Å². The summed E-state index contributed by atoms with van der Waals surface area (Å²) in [5, 5.41) is 13.9. The van der Waals surface area contributed by atoms with Crippen LogP contribution in [0.25, 0.3) is 0 Å². The van der Waals surface area contributed by atoms with Gasteiger partial charge in [-0.25, -0.2) is 9.59 Å². The van der Waals surface area contributed by atoms with Crippen molar-refractivity contribution in [2.24, 2.45) is 11.7 Å². The number of primary amides is 1.